The molecule has 1 heterocycles. The molecule has 174 valence electrons. The minimum atomic E-state index is -0.444. The van der Waals surface area contributed by atoms with Crippen molar-refractivity contribution in [2.45, 2.75) is 24.9 Å². The first-order valence-corrected chi connectivity index (χ1v) is 11.3. The predicted molar refractivity (Wildman–Crippen MR) is 129 cm³/mol. The molecule has 3 aromatic carbocycles. The molecule has 0 spiro atoms. The first-order valence-electron chi connectivity index (χ1n) is 11.3. The van der Waals surface area contributed by atoms with Crippen LogP contribution in [0.4, 0.5) is 14.5 Å². The Morgan fingerprint density at radius 1 is 1.00 bits per heavy atom. The van der Waals surface area contributed by atoms with Crippen molar-refractivity contribution in [3.05, 3.63) is 107 Å². The molecule has 1 amide bonds. The van der Waals surface area contributed by atoms with Gasteiger partial charge in [-0.3, -0.25) is 14.8 Å². The first kappa shape index (κ1) is 22.1. The number of nitrogens with one attached hydrogen (secondary N) is 1. The third kappa shape index (κ3) is 4.03. The van der Waals surface area contributed by atoms with E-state index in [0.717, 1.165) is 40.9 Å². The predicted octanol–water partition coefficient (Wildman–Crippen LogP) is 4.55. The molecule has 1 fully saturated rings. The number of hydrogen-bond donors (Lipinski definition) is 2. The van der Waals surface area contributed by atoms with Gasteiger partial charge in [0.05, 0.1) is 23.5 Å². The van der Waals surface area contributed by atoms with Crippen LogP contribution in [0, 0.1) is 11.6 Å². The van der Waals surface area contributed by atoms with Gasteiger partial charge in [0.2, 0.25) is 0 Å². The number of benzene rings is 3. The van der Waals surface area contributed by atoms with E-state index >= 15 is 0 Å². The molecule has 0 radical (unpaired) electrons. The number of hydrogen-bond acceptors (Lipinski definition) is 4. The number of carbonyl (C=O) groups excluding carboxylic acids is 1. The van der Waals surface area contributed by atoms with Crippen molar-refractivity contribution in [1.82, 2.24) is 10.3 Å². The molecule has 0 saturated heterocycles. The molecule has 1 aliphatic heterocycles. The lowest BCUT2D eigenvalue weighted by molar-refractivity contribution is 0.0930. The highest BCUT2D eigenvalue weighted by Gasteiger charge is 2.45. The number of carbonyl (C=O) groups is 1. The summed E-state index contributed by atoms with van der Waals surface area (Å²) in [5.74, 6) is -0.753. The molecule has 5 rings (SSSR count). The minimum Gasteiger partial charge on any atom is -0.343 e. The third-order valence-corrected chi connectivity index (χ3v) is 6.66. The molecule has 1 aliphatic carbocycles. The van der Waals surface area contributed by atoms with Gasteiger partial charge in [0.25, 0.3) is 5.91 Å². The maximum absolute atomic E-state index is 13.4. The zero-order chi connectivity index (χ0) is 23.9. The van der Waals surface area contributed by atoms with Gasteiger partial charge in [-0.1, -0.05) is 18.2 Å². The molecule has 3 aromatic rings. The Morgan fingerprint density at radius 3 is 2.26 bits per heavy atom. The number of halogens is 2. The summed E-state index contributed by atoms with van der Waals surface area (Å²) in [6, 6.07) is 18.2. The van der Waals surface area contributed by atoms with Gasteiger partial charge in [0, 0.05) is 24.7 Å². The van der Waals surface area contributed by atoms with Gasteiger partial charge < -0.3 is 11.1 Å². The SMILES string of the molecule is CN1C(c2cc(C(=O)NC3(c4ccc(F)cc4)CC3)ccc2CN)=CCN1c1ccc(F)cc1. The summed E-state index contributed by atoms with van der Waals surface area (Å²) < 4.78 is 26.7. The smallest absolute Gasteiger partial charge is 0.251 e. The Morgan fingerprint density at radius 2 is 1.65 bits per heavy atom. The summed E-state index contributed by atoms with van der Waals surface area (Å²) in [7, 11) is 1.93. The van der Waals surface area contributed by atoms with E-state index in [0.29, 0.717) is 18.7 Å². The molecule has 0 bridgehead atoms. The van der Waals surface area contributed by atoms with Crippen molar-refractivity contribution < 1.29 is 13.6 Å². The van der Waals surface area contributed by atoms with Gasteiger partial charge in [-0.25, -0.2) is 8.78 Å². The number of hydrazine groups is 1. The Labute approximate surface area is 197 Å². The monoisotopic (exact) mass is 460 g/mol. The lowest BCUT2D eigenvalue weighted by atomic mass is 9.99. The maximum atomic E-state index is 13.4. The van der Waals surface area contributed by atoms with Gasteiger partial charge >= 0.3 is 0 Å². The highest BCUT2D eigenvalue weighted by molar-refractivity contribution is 5.96. The van der Waals surface area contributed by atoms with Gasteiger partial charge in [0.1, 0.15) is 11.6 Å². The van der Waals surface area contributed by atoms with Crippen LogP contribution in [0.15, 0.2) is 72.8 Å². The van der Waals surface area contributed by atoms with Crippen LogP contribution in [0.3, 0.4) is 0 Å². The second-order valence-corrected chi connectivity index (χ2v) is 8.79. The Bertz CT molecular complexity index is 1250. The Kier molecular flexibility index (Phi) is 5.57. The van der Waals surface area contributed by atoms with Crippen molar-refractivity contribution >= 4 is 17.3 Å². The zero-order valence-electron chi connectivity index (χ0n) is 18.9. The average Bonchev–Trinajstić information content (AvgIpc) is 3.53. The molecule has 7 heteroatoms. The molecule has 2 aliphatic rings. The van der Waals surface area contributed by atoms with Gasteiger partial charge in [-0.15, -0.1) is 0 Å². The van der Waals surface area contributed by atoms with Crippen LogP contribution in [0.25, 0.3) is 5.70 Å². The van der Waals surface area contributed by atoms with Crippen LogP contribution >= 0.6 is 0 Å². The molecule has 0 atom stereocenters. The van der Waals surface area contributed by atoms with Crippen molar-refractivity contribution in [3.8, 4) is 0 Å². The highest BCUT2D eigenvalue weighted by Crippen LogP contribution is 2.45. The van der Waals surface area contributed by atoms with Crippen LogP contribution in [0.2, 0.25) is 0 Å². The van der Waals surface area contributed by atoms with E-state index in [-0.39, 0.29) is 17.5 Å². The van der Waals surface area contributed by atoms with Crippen molar-refractivity contribution in [2.75, 3.05) is 18.6 Å². The van der Waals surface area contributed by atoms with Crippen LogP contribution < -0.4 is 16.1 Å². The number of amides is 1. The molecule has 34 heavy (non-hydrogen) atoms. The fourth-order valence-corrected chi connectivity index (χ4v) is 4.54. The Hall–Kier alpha value is -3.71. The number of nitrogens with two attached hydrogens (primary N) is 1. The molecular weight excluding hydrogens is 434 g/mol. The van der Waals surface area contributed by atoms with E-state index in [1.165, 1.54) is 24.3 Å². The summed E-state index contributed by atoms with van der Waals surface area (Å²) in [5, 5.41) is 7.17. The van der Waals surface area contributed by atoms with Crippen molar-refractivity contribution in [1.29, 1.82) is 0 Å². The lowest BCUT2D eigenvalue weighted by Crippen LogP contribution is -2.35. The number of anilines is 1. The normalized spacial score (nSPS) is 16.4. The van der Waals surface area contributed by atoms with E-state index in [9.17, 15) is 13.6 Å². The molecular formula is C27H26F2N4O. The fourth-order valence-electron chi connectivity index (χ4n) is 4.54. The van der Waals surface area contributed by atoms with E-state index < -0.39 is 5.54 Å². The standard InChI is InChI=1S/C27H26F2N4O/c1-32-25(12-15-33(32)23-10-8-22(29)9-11-23)24-16-18(2-3-19(24)17-30)26(34)31-27(13-14-27)20-4-6-21(28)7-5-20/h2-12,16H,13-15,17,30H2,1H3,(H,31,34). The van der Waals surface area contributed by atoms with E-state index in [1.807, 2.05) is 29.2 Å². The first-order chi connectivity index (χ1) is 16.4. The summed E-state index contributed by atoms with van der Waals surface area (Å²) in [6.45, 7) is 0.948. The summed E-state index contributed by atoms with van der Waals surface area (Å²) in [6.07, 6.45) is 3.71. The number of nitrogens with zero attached hydrogens (tertiary/aromatic N) is 2. The molecule has 1 saturated carbocycles. The minimum absolute atomic E-state index is 0.178. The average molecular weight is 461 g/mol. The van der Waals surface area contributed by atoms with E-state index in [4.69, 9.17) is 5.73 Å². The van der Waals surface area contributed by atoms with Gasteiger partial charge in [-0.2, -0.15) is 0 Å². The molecule has 3 N–H and O–H groups in total. The van der Waals surface area contributed by atoms with Gasteiger partial charge in [0.15, 0.2) is 0 Å². The summed E-state index contributed by atoms with van der Waals surface area (Å²) in [5.41, 5.74) is 10.6. The molecule has 0 aromatic heterocycles. The van der Waals surface area contributed by atoms with Crippen LogP contribution in [0.5, 0.6) is 0 Å². The van der Waals surface area contributed by atoms with Gasteiger partial charge in [-0.05, 0) is 78.6 Å². The molecule has 5 nitrogen and oxygen atoms in total. The maximum Gasteiger partial charge on any atom is 0.251 e. The topological polar surface area (TPSA) is 61.6 Å². The van der Waals surface area contributed by atoms with Crippen molar-refractivity contribution in [3.63, 3.8) is 0 Å². The fraction of sp³-hybridized carbons (Fsp3) is 0.222. The van der Waals surface area contributed by atoms with E-state index in [2.05, 4.69) is 11.4 Å². The number of rotatable bonds is 6. The summed E-state index contributed by atoms with van der Waals surface area (Å²) in [4.78, 5) is 13.2. The Balaban J connectivity index is 1.39. The highest BCUT2D eigenvalue weighted by atomic mass is 19.1. The van der Waals surface area contributed by atoms with Crippen LogP contribution in [0.1, 0.15) is 39.9 Å². The van der Waals surface area contributed by atoms with Crippen LogP contribution in [-0.4, -0.2) is 24.5 Å². The zero-order valence-corrected chi connectivity index (χ0v) is 18.9. The second kappa shape index (κ2) is 8.57. The second-order valence-electron chi connectivity index (χ2n) is 8.79. The summed E-state index contributed by atoms with van der Waals surface area (Å²) >= 11 is 0. The third-order valence-electron chi connectivity index (χ3n) is 6.66. The lowest BCUT2D eigenvalue weighted by Gasteiger charge is -2.31. The van der Waals surface area contributed by atoms with E-state index in [1.54, 1.807) is 30.3 Å². The quantitative estimate of drug-likeness (QED) is 0.567. The molecule has 0 unspecified atom stereocenters. The van der Waals surface area contributed by atoms with Crippen LogP contribution in [-0.2, 0) is 12.1 Å². The largest absolute Gasteiger partial charge is 0.343 e. The van der Waals surface area contributed by atoms with Crippen molar-refractivity contribution in [2.24, 2.45) is 5.73 Å².